The average molecular weight is 347 g/mol. The zero-order valence-electron chi connectivity index (χ0n) is 12.8. The van der Waals surface area contributed by atoms with Gasteiger partial charge in [0.05, 0.1) is 16.5 Å². The van der Waals surface area contributed by atoms with E-state index in [0.717, 1.165) is 10.6 Å². The van der Waals surface area contributed by atoms with Crippen molar-refractivity contribution in [3.05, 3.63) is 54.1 Å². The molecule has 0 saturated heterocycles. The standard InChI is InChI=1S/C17H17NO3S2/c1-11(23-14-9-5-3-7-12(14)17(20)21)16(19)18-13-8-4-6-10-15(13)22-2/h3-11H,1-2H3,(H,18,19)(H,20,21)/t11-/m1/s1. The van der Waals surface area contributed by atoms with E-state index in [1.807, 2.05) is 30.5 Å². The number of hydrogen-bond donors (Lipinski definition) is 2. The Morgan fingerprint density at radius 1 is 1.04 bits per heavy atom. The number of nitrogens with one attached hydrogen (secondary N) is 1. The first kappa shape index (κ1) is 17.4. The molecule has 0 saturated carbocycles. The predicted molar refractivity (Wildman–Crippen MR) is 95.6 cm³/mol. The molecule has 2 aromatic rings. The third-order valence-corrected chi connectivity index (χ3v) is 5.13. The first-order valence-corrected chi connectivity index (χ1v) is 9.06. The van der Waals surface area contributed by atoms with Crippen LogP contribution in [0.25, 0.3) is 0 Å². The maximum absolute atomic E-state index is 12.4. The number of anilines is 1. The molecule has 1 amide bonds. The quantitative estimate of drug-likeness (QED) is 0.766. The summed E-state index contributed by atoms with van der Waals surface area (Å²) < 4.78 is 0. The molecule has 120 valence electrons. The van der Waals surface area contributed by atoms with Crippen molar-refractivity contribution >= 4 is 41.1 Å². The van der Waals surface area contributed by atoms with E-state index in [2.05, 4.69) is 5.32 Å². The number of para-hydroxylation sites is 1. The molecule has 0 heterocycles. The van der Waals surface area contributed by atoms with Gasteiger partial charge in [-0.3, -0.25) is 4.79 Å². The normalized spacial score (nSPS) is 11.7. The van der Waals surface area contributed by atoms with Crippen molar-refractivity contribution in [2.75, 3.05) is 11.6 Å². The van der Waals surface area contributed by atoms with E-state index in [-0.39, 0.29) is 11.5 Å². The van der Waals surface area contributed by atoms with Gasteiger partial charge in [-0.25, -0.2) is 4.79 Å². The maximum Gasteiger partial charge on any atom is 0.336 e. The molecule has 2 aromatic carbocycles. The highest BCUT2D eigenvalue weighted by molar-refractivity contribution is 8.00. The second kappa shape index (κ2) is 8.08. The van der Waals surface area contributed by atoms with Gasteiger partial charge >= 0.3 is 5.97 Å². The Morgan fingerprint density at radius 3 is 2.30 bits per heavy atom. The van der Waals surface area contributed by atoms with Gasteiger partial charge in [0.1, 0.15) is 0 Å². The summed E-state index contributed by atoms with van der Waals surface area (Å²) in [6.07, 6.45) is 1.95. The molecule has 0 bridgehead atoms. The minimum absolute atomic E-state index is 0.156. The Labute approximate surface area is 143 Å². The zero-order chi connectivity index (χ0) is 16.8. The summed E-state index contributed by atoms with van der Waals surface area (Å²) in [4.78, 5) is 25.2. The number of carbonyl (C=O) groups excluding carboxylic acids is 1. The summed E-state index contributed by atoms with van der Waals surface area (Å²) in [7, 11) is 0. The van der Waals surface area contributed by atoms with Crippen LogP contribution in [-0.2, 0) is 4.79 Å². The summed E-state index contributed by atoms with van der Waals surface area (Å²) in [5.41, 5.74) is 0.977. The molecule has 0 aliphatic heterocycles. The second-order valence-corrected chi connectivity index (χ2v) is 6.98. The van der Waals surface area contributed by atoms with E-state index >= 15 is 0 Å². The molecular formula is C17H17NO3S2. The fourth-order valence-electron chi connectivity index (χ4n) is 1.97. The smallest absolute Gasteiger partial charge is 0.336 e. The van der Waals surface area contributed by atoms with Gasteiger partial charge in [0, 0.05) is 9.79 Å². The number of hydrogen-bond acceptors (Lipinski definition) is 4. The topological polar surface area (TPSA) is 66.4 Å². The van der Waals surface area contributed by atoms with Crippen molar-refractivity contribution in [2.45, 2.75) is 22.0 Å². The Bertz CT molecular complexity index is 718. The lowest BCUT2D eigenvalue weighted by atomic mass is 10.2. The largest absolute Gasteiger partial charge is 0.478 e. The summed E-state index contributed by atoms with van der Waals surface area (Å²) >= 11 is 2.80. The number of rotatable bonds is 6. The minimum Gasteiger partial charge on any atom is -0.478 e. The molecule has 0 radical (unpaired) electrons. The van der Waals surface area contributed by atoms with E-state index < -0.39 is 11.2 Å². The van der Waals surface area contributed by atoms with Crippen molar-refractivity contribution in [2.24, 2.45) is 0 Å². The van der Waals surface area contributed by atoms with E-state index in [4.69, 9.17) is 0 Å². The Kier molecular flexibility index (Phi) is 6.12. The second-order valence-electron chi connectivity index (χ2n) is 4.75. The van der Waals surface area contributed by atoms with Crippen molar-refractivity contribution in [3.8, 4) is 0 Å². The van der Waals surface area contributed by atoms with Gasteiger partial charge in [-0.15, -0.1) is 23.5 Å². The fraction of sp³-hybridized carbons (Fsp3) is 0.176. The fourth-order valence-corrected chi connectivity index (χ4v) is 3.51. The molecule has 0 fully saturated rings. The lowest BCUT2D eigenvalue weighted by Gasteiger charge is -2.15. The molecule has 4 nitrogen and oxygen atoms in total. The molecule has 6 heteroatoms. The molecule has 0 aliphatic rings. The van der Waals surface area contributed by atoms with Crippen LogP contribution in [0.5, 0.6) is 0 Å². The molecule has 0 unspecified atom stereocenters. The molecule has 1 atom stereocenters. The van der Waals surface area contributed by atoms with Gasteiger partial charge < -0.3 is 10.4 Å². The first-order chi connectivity index (χ1) is 11.0. The highest BCUT2D eigenvalue weighted by atomic mass is 32.2. The molecule has 23 heavy (non-hydrogen) atoms. The van der Waals surface area contributed by atoms with Gasteiger partial charge in [0.25, 0.3) is 0 Å². The van der Waals surface area contributed by atoms with Crippen LogP contribution in [0.3, 0.4) is 0 Å². The SMILES string of the molecule is CSc1ccccc1NC(=O)[C@@H](C)Sc1ccccc1C(=O)O. The van der Waals surface area contributed by atoms with Crippen molar-refractivity contribution in [1.82, 2.24) is 0 Å². The Hall–Kier alpha value is -1.92. The van der Waals surface area contributed by atoms with E-state index in [0.29, 0.717) is 4.90 Å². The Morgan fingerprint density at radius 2 is 1.65 bits per heavy atom. The number of carboxylic acids is 1. The molecule has 0 aliphatic carbocycles. The van der Waals surface area contributed by atoms with Gasteiger partial charge in [-0.2, -0.15) is 0 Å². The van der Waals surface area contributed by atoms with Crippen molar-refractivity contribution < 1.29 is 14.7 Å². The summed E-state index contributed by atoms with van der Waals surface area (Å²) in [6.45, 7) is 1.76. The average Bonchev–Trinajstić information content (AvgIpc) is 2.55. The predicted octanol–water partition coefficient (Wildman–Crippen LogP) is 4.23. The number of carbonyl (C=O) groups is 2. The number of thioether (sulfide) groups is 2. The van der Waals surface area contributed by atoms with Crippen molar-refractivity contribution in [1.29, 1.82) is 0 Å². The number of carboxylic acid groups (broad SMARTS) is 1. The van der Waals surface area contributed by atoms with E-state index in [1.54, 1.807) is 36.9 Å². The molecule has 2 N–H and O–H groups in total. The number of aromatic carboxylic acids is 1. The maximum atomic E-state index is 12.4. The molecule has 0 aromatic heterocycles. The summed E-state index contributed by atoms with van der Waals surface area (Å²) in [5, 5.41) is 11.7. The monoisotopic (exact) mass is 347 g/mol. The summed E-state index contributed by atoms with van der Waals surface area (Å²) in [6, 6.07) is 14.3. The lowest BCUT2D eigenvalue weighted by molar-refractivity contribution is -0.115. The van der Waals surface area contributed by atoms with Gasteiger partial charge in [0.15, 0.2) is 0 Å². The van der Waals surface area contributed by atoms with Crippen LogP contribution in [0.4, 0.5) is 5.69 Å². The van der Waals surface area contributed by atoms with Gasteiger partial charge in [-0.1, -0.05) is 24.3 Å². The van der Waals surface area contributed by atoms with Crippen LogP contribution < -0.4 is 5.32 Å². The van der Waals surface area contributed by atoms with Crippen LogP contribution >= 0.6 is 23.5 Å². The lowest BCUT2D eigenvalue weighted by Crippen LogP contribution is -2.23. The molecular weight excluding hydrogens is 330 g/mol. The third-order valence-electron chi connectivity index (χ3n) is 3.16. The third kappa shape index (κ3) is 4.53. The van der Waals surface area contributed by atoms with Gasteiger partial charge in [-0.05, 0) is 37.4 Å². The highest BCUT2D eigenvalue weighted by Crippen LogP contribution is 2.29. The number of amides is 1. The van der Waals surface area contributed by atoms with E-state index in [9.17, 15) is 14.7 Å². The van der Waals surface area contributed by atoms with Crippen LogP contribution in [0.1, 0.15) is 17.3 Å². The molecule has 0 spiro atoms. The van der Waals surface area contributed by atoms with Crippen LogP contribution in [-0.4, -0.2) is 28.5 Å². The highest BCUT2D eigenvalue weighted by Gasteiger charge is 2.19. The molecule has 2 rings (SSSR count). The zero-order valence-corrected chi connectivity index (χ0v) is 14.4. The van der Waals surface area contributed by atoms with Gasteiger partial charge in [0.2, 0.25) is 5.91 Å². The van der Waals surface area contributed by atoms with Crippen molar-refractivity contribution in [3.63, 3.8) is 0 Å². The first-order valence-electron chi connectivity index (χ1n) is 6.95. The summed E-state index contributed by atoms with van der Waals surface area (Å²) in [5.74, 6) is -1.15. The number of benzene rings is 2. The van der Waals surface area contributed by atoms with Crippen LogP contribution in [0.2, 0.25) is 0 Å². The van der Waals surface area contributed by atoms with Crippen LogP contribution in [0, 0.1) is 0 Å². The Balaban J connectivity index is 2.10. The minimum atomic E-state index is -0.992. The van der Waals surface area contributed by atoms with Crippen LogP contribution in [0.15, 0.2) is 58.3 Å². The van der Waals surface area contributed by atoms with E-state index in [1.165, 1.54) is 17.8 Å².